The normalized spacial score (nSPS) is 16.5. The van der Waals surface area contributed by atoms with Gasteiger partial charge < -0.3 is 5.32 Å². The minimum Gasteiger partial charge on any atom is -0.305 e. The molecule has 1 nitrogen and oxygen atoms in total. The van der Waals surface area contributed by atoms with Gasteiger partial charge in [-0.05, 0) is 47.8 Å². The van der Waals surface area contributed by atoms with Crippen molar-refractivity contribution in [1.29, 1.82) is 0 Å². The van der Waals surface area contributed by atoms with Gasteiger partial charge >= 0.3 is 0 Å². The first-order valence-electron chi connectivity index (χ1n) is 7.23. The van der Waals surface area contributed by atoms with Crippen molar-refractivity contribution in [2.45, 2.75) is 44.7 Å². The Morgan fingerprint density at radius 2 is 2.05 bits per heavy atom. The molecule has 0 bridgehead atoms. The molecule has 19 heavy (non-hydrogen) atoms. The molecular weight excluding hydrogens is 250 g/mol. The topological polar surface area (TPSA) is 12.0 Å². The van der Waals surface area contributed by atoms with E-state index in [4.69, 9.17) is 0 Å². The fourth-order valence-corrected chi connectivity index (χ4v) is 3.54. The van der Waals surface area contributed by atoms with Crippen molar-refractivity contribution < 1.29 is 0 Å². The first kappa shape index (κ1) is 12.9. The Bertz CT molecular complexity index is 514. The summed E-state index contributed by atoms with van der Waals surface area (Å²) in [4.78, 5) is 1.45. The predicted molar refractivity (Wildman–Crippen MR) is 82.6 cm³/mol. The third-order valence-electron chi connectivity index (χ3n) is 3.91. The standard InChI is InChI=1S/C17H21NS/c1-2-16(17-8-5-11-19-17)18-12-14-6-3-4-7-15(14)13-9-10-13/h3-8,11,13,16,18H,2,9-10,12H2,1H3. The van der Waals surface area contributed by atoms with Crippen LogP contribution in [0.5, 0.6) is 0 Å². The van der Waals surface area contributed by atoms with Gasteiger partial charge in [-0.1, -0.05) is 37.3 Å². The molecule has 0 aliphatic heterocycles. The maximum Gasteiger partial charge on any atom is 0.0414 e. The molecule has 0 saturated heterocycles. The molecule has 0 spiro atoms. The van der Waals surface area contributed by atoms with Crippen LogP contribution in [0, 0.1) is 0 Å². The van der Waals surface area contributed by atoms with E-state index in [9.17, 15) is 0 Å². The fraction of sp³-hybridized carbons (Fsp3) is 0.412. The lowest BCUT2D eigenvalue weighted by Gasteiger charge is -2.17. The van der Waals surface area contributed by atoms with Crippen molar-refractivity contribution in [2.75, 3.05) is 0 Å². The average Bonchev–Trinajstić information content (AvgIpc) is 3.16. The molecule has 0 radical (unpaired) electrons. The monoisotopic (exact) mass is 271 g/mol. The SMILES string of the molecule is CCC(NCc1ccccc1C1CC1)c1cccs1. The minimum absolute atomic E-state index is 0.493. The largest absolute Gasteiger partial charge is 0.305 e. The quantitative estimate of drug-likeness (QED) is 0.790. The van der Waals surface area contributed by atoms with Gasteiger partial charge in [-0.15, -0.1) is 11.3 Å². The van der Waals surface area contributed by atoms with Gasteiger partial charge in [0.15, 0.2) is 0 Å². The van der Waals surface area contributed by atoms with Gasteiger partial charge in [0.1, 0.15) is 0 Å². The van der Waals surface area contributed by atoms with Gasteiger partial charge in [0.05, 0.1) is 0 Å². The average molecular weight is 271 g/mol. The molecule has 1 aromatic heterocycles. The molecule has 1 aromatic carbocycles. The van der Waals surface area contributed by atoms with Gasteiger partial charge in [-0.25, -0.2) is 0 Å². The summed E-state index contributed by atoms with van der Waals surface area (Å²) >= 11 is 1.85. The number of rotatable bonds is 6. The summed E-state index contributed by atoms with van der Waals surface area (Å²) in [6.45, 7) is 3.24. The summed E-state index contributed by atoms with van der Waals surface area (Å²) in [6.07, 6.45) is 3.89. The van der Waals surface area contributed by atoms with E-state index >= 15 is 0 Å². The van der Waals surface area contributed by atoms with Crippen LogP contribution in [0.25, 0.3) is 0 Å². The van der Waals surface area contributed by atoms with Crippen LogP contribution in [0.4, 0.5) is 0 Å². The highest BCUT2D eigenvalue weighted by Crippen LogP contribution is 2.41. The lowest BCUT2D eigenvalue weighted by Crippen LogP contribution is -2.20. The lowest BCUT2D eigenvalue weighted by molar-refractivity contribution is 0.525. The first-order chi connectivity index (χ1) is 9.38. The summed E-state index contributed by atoms with van der Waals surface area (Å²) in [5, 5.41) is 5.89. The second-order valence-corrected chi connectivity index (χ2v) is 6.31. The molecule has 1 fully saturated rings. The van der Waals surface area contributed by atoms with E-state index < -0.39 is 0 Å². The molecule has 1 N–H and O–H groups in total. The molecule has 0 amide bonds. The lowest BCUT2D eigenvalue weighted by atomic mass is 10.0. The van der Waals surface area contributed by atoms with Crippen LogP contribution in [-0.4, -0.2) is 0 Å². The highest BCUT2D eigenvalue weighted by molar-refractivity contribution is 7.10. The van der Waals surface area contributed by atoms with Crippen molar-refractivity contribution in [1.82, 2.24) is 5.32 Å². The third-order valence-corrected chi connectivity index (χ3v) is 4.89. The van der Waals surface area contributed by atoms with Crippen LogP contribution in [-0.2, 0) is 6.54 Å². The van der Waals surface area contributed by atoms with Crippen molar-refractivity contribution in [3.63, 3.8) is 0 Å². The number of thiophene rings is 1. The molecule has 2 heteroatoms. The van der Waals surface area contributed by atoms with E-state index in [1.165, 1.54) is 23.3 Å². The summed E-state index contributed by atoms with van der Waals surface area (Å²) < 4.78 is 0. The Morgan fingerprint density at radius 1 is 1.21 bits per heavy atom. The molecule has 100 valence electrons. The molecule has 1 aliphatic carbocycles. The van der Waals surface area contributed by atoms with Crippen LogP contribution in [0.3, 0.4) is 0 Å². The molecular formula is C17H21NS. The predicted octanol–water partition coefficient (Wildman–Crippen LogP) is 4.87. The molecule has 2 aromatic rings. The van der Waals surface area contributed by atoms with Gasteiger partial charge in [-0.3, -0.25) is 0 Å². The molecule has 1 atom stereocenters. The van der Waals surface area contributed by atoms with Crippen molar-refractivity contribution in [3.05, 3.63) is 57.8 Å². The number of benzene rings is 1. The van der Waals surface area contributed by atoms with E-state index in [2.05, 4.69) is 54.0 Å². The first-order valence-corrected chi connectivity index (χ1v) is 8.11. The minimum atomic E-state index is 0.493. The van der Waals surface area contributed by atoms with Crippen LogP contribution in [0.15, 0.2) is 41.8 Å². The van der Waals surface area contributed by atoms with Crippen LogP contribution < -0.4 is 5.32 Å². The van der Waals surface area contributed by atoms with E-state index in [0.717, 1.165) is 18.9 Å². The van der Waals surface area contributed by atoms with E-state index in [1.54, 1.807) is 5.56 Å². The van der Waals surface area contributed by atoms with Crippen molar-refractivity contribution >= 4 is 11.3 Å². The van der Waals surface area contributed by atoms with E-state index in [-0.39, 0.29) is 0 Å². The van der Waals surface area contributed by atoms with Crippen LogP contribution >= 0.6 is 11.3 Å². The molecule has 1 aliphatic rings. The van der Waals surface area contributed by atoms with Gasteiger partial charge in [0, 0.05) is 17.5 Å². The Balaban J connectivity index is 1.68. The maximum absolute atomic E-state index is 3.72. The van der Waals surface area contributed by atoms with Crippen LogP contribution in [0.1, 0.15) is 54.1 Å². The number of nitrogens with one attached hydrogen (secondary N) is 1. The third kappa shape index (κ3) is 3.07. The summed E-state index contributed by atoms with van der Waals surface area (Å²) in [7, 11) is 0. The summed E-state index contributed by atoms with van der Waals surface area (Å²) in [5.41, 5.74) is 3.05. The van der Waals surface area contributed by atoms with Gasteiger partial charge in [0.2, 0.25) is 0 Å². The van der Waals surface area contributed by atoms with Crippen molar-refractivity contribution in [3.8, 4) is 0 Å². The van der Waals surface area contributed by atoms with E-state index in [1.807, 2.05) is 11.3 Å². The molecule has 1 unspecified atom stereocenters. The molecule has 3 rings (SSSR count). The Morgan fingerprint density at radius 3 is 2.74 bits per heavy atom. The fourth-order valence-electron chi connectivity index (χ4n) is 2.66. The second-order valence-electron chi connectivity index (χ2n) is 5.33. The van der Waals surface area contributed by atoms with Gasteiger partial charge in [-0.2, -0.15) is 0 Å². The van der Waals surface area contributed by atoms with E-state index in [0.29, 0.717) is 6.04 Å². The molecule has 1 saturated carbocycles. The number of hydrogen-bond acceptors (Lipinski definition) is 2. The Hall–Kier alpha value is -1.12. The van der Waals surface area contributed by atoms with Gasteiger partial charge in [0.25, 0.3) is 0 Å². The molecule has 1 heterocycles. The highest BCUT2D eigenvalue weighted by atomic mass is 32.1. The number of hydrogen-bond donors (Lipinski definition) is 1. The zero-order valence-corrected chi connectivity index (χ0v) is 12.2. The highest BCUT2D eigenvalue weighted by Gasteiger charge is 2.25. The van der Waals surface area contributed by atoms with Crippen LogP contribution in [0.2, 0.25) is 0 Å². The smallest absolute Gasteiger partial charge is 0.0414 e. The zero-order valence-electron chi connectivity index (χ0n) is 11.4. The Labute approximate surface area is 119 Å². The maximum atomic E-state index is 3.72. The summed E-state index contributed by atoms with van der Waals surface area (Å²) in [5.74, 6) is 0.833. The Kier molecular flexibility index (Phi) is 4.00. The summed E-state index contributed by atoms with van der Waals surface area (Å²) in [6, 6.07) is 13.8. The second kappa shape index (κ2) is 5.89. The van der Waals surface area contributed by atoms with Crippen molar-refractivity contribution in [2.24, 2.45) is 0 Å². The zero-order chi connectivity index (χ0) is 13.1.